The first-order valence-electron chi connectivity index (χ1n) is 12.7. The third-order valence-electron chi connectivity index (χ3n) is 6.06. The molecule has 1 aliphatic heterocycles. The summed E-state index contributed by atoms with van der Waals surface area (Å²) in [6.45, 7) is 6.87. The zero-order valence-corrected chi connectivity index (χ0v) is 22.5. The number of ether oxygens (including phenoxy) is 2. The standard InChI is InChI=1S/C25H32N4O4.C2HF3O2/c1-25(2,3)33-24(31)28-12-13-29(21(16-28)17-32-22-8-5-11-26-15-22)23(30)27-20-10-9-18-6-4-7-19(18)14-20;3-2(4,5)1(6)7/h5,8-11,14-15,21H,4,6-7,12-13,16-17H2,1-3H3,(H,27,30);(H,6,7). The number of aliphatic carboxylic acids is 1. The number of hydrogen-bond acceptors (Lipinski definition) is 6. The van der Waals surface area contributed by atoms with Crippen molar-refractivity contribution in [3.8, 4) is 5.75 Å². The van der Waals surface area contributed by atoms with Gasteiger partial charge in [-0.3, -0.25) is 4.98 Å². The summed E-state index contributed by atoms with van der Waals surface area (Å²) < 4.78 is 43.2. The quantitative estimate of drug-likeness (QED) is 0.549. The number of fused-ring (bicyclic) bond motifs is 1. The van der Waals surface area contributed by atoms with Gasteiger partial charge in [0.05, 0.1) is 12.2 Å². The molecule has 2 heterocycles. The van der Waals surface area contributed by atoms with Crippen LogP contribution in [0.15, 0.2) is 42.7 Å². The Morgan fingerprint density at radius 2 is 1.80 bits per heavy atom. The Morgan fingerprint density at radius 3 is 2.42 bits per heavy atom. The van der Waals surface area contributed by atoms with Crippen molar-refractivity contribution >= 4 is 23.8 Å². The van der Waals surface area contributed by atoms with Gasteiger partial charge in [-0.1, -0.05) is 6.07 Å². The van der Waals surface area contributed by atoms with Crippen molar-refractivity contribution in [3.63, 3.8) is 0 Å². The van der Waals surface area contributed by atoms with Gasteiger partial charge in [-0.25, -0.2) is 14.4 Å². The Bertz CT molecular complexity index is 1190. The summed E-state index contributed by atoms with van der Waals surface area (Å²) in [5.41, 5.74) is 2.88. The van der Waals surface area contributed by atoms with E-state index in [1.165, 1.54) is 11.1 Å². The maximum absolute atomic E-state index is 13.2. The molecule has 1 atom stereocenters. The van der Waals surface area contributed by atoms with E-state index in [-0.39, 0.29) is 24.8 Å². The Labute approximate surface area is 230 Å². The highest BCUT2D eigenvalue weighted by Gasteiger charge is 2.38. The molecule has 1 aliphatic carbocycles. The molecule has 218 valence electrons. The van der Waals surface area contributed by atoms with Gasteiger partial charge >= 0.3 is 24.3 Å². The number of urea groups is 1. The summed E-state index contributed by atoms with van der Waals surface area (Å²) in [5, 5.41) is 10.2. The summed E-state index contributed by atoms with van der Waals surface area (Å²) >= 11 is 0. The Balaban J connectivity index is 0.000000559. The molecule has 4 rings (SSSR count). The average molecular weight is 567 g/mol. The van der Waals surface area contributed by atoms with Gasteiger partial charge in [0.1, 0.15) is 18.0 Å². The molecule has 0 bridgehead atoms. The number of aryl methyl sites for hydroxylation is 2. The first kappa shape index (κ1) is 30.5. The molecule has 13 heteroatoms. The molecule has 3 amide bonds. The summed E-state index contributed by atoms with van der Waals surface area (Å²) in [6.07, 6.45) is 1.15. The zero-order valence-electron chi connectivity index (χ0n) is 22.5. The van der Waals surface area contributed by atoms with Crippen molar-refractivity contribution < 1.29 is 42.1 Å². The lowest BCUT2D eigenvalue weighted by Crippen LogP contribution is -2.59. The minimum absolute atomic E-state index is 0.198. The molecule has 1 saturated heterocycles. The van der Waals surface area contributed by atoms with E-state index in [9.17, 15) is 22.8 Å². The second-order valence-electron chi connectivity index (χ2n) is 10.3. The van der Waals surface area contributed by atoms with Crippen molar-refractivity contribution in [3.05, 3.63) is 53.9 Å². The van der Waals surface area contributed by atoms with Crippen LogP contribution in [0.3, 0.4) is 0 Å². The van der Waals surface area contributed by atoms with E-state index in [1.807, 2.05) is 32.9 Å². The Hall–Kier alpha value is -4.03. The average Bonchev–Trinajstić information content (AvgIpc) is 3.34. The van der Waals surface area contributed by atoms with Crippen LogP contribution in [-0.2, 0) is 22.4 Å². The summed E-state index contributed by atoms with van der Waals surface area (Å²) in [6, 6.07) is 9.20. The molecule has 2 aromatic rings. The molecule has 2 aliphatic rings. The maximum atomic E-state index is 13.2. The fourth-order valence-corrected chi connectivity index (χ4v) is 4.23. The third-order valence-corrected chi connectivity index (χ3v) is 6.06. The Morgan fingerprint density at radius 1 is 1.10 bits per heavy atom. The molecule has 1 unspecified atom stereocenters. The van der Waals surface area contributed by atoms with Gasteiger partial charge in [-0.2, -0.15) is 13.2 Å². The number of aromatic nitrogens is 1. The van der Waals surface area contributed by atoms with E-state index in [0.29, 0.717) is 25.4 Å². The van der Waals surface area contributed by atoms with Crippen LogP contribution in [0.25, 0.3) is 0 Å². The minimum Gasteiger partial charge on any atom is -0.490 e. The summed E-state index contributed by atoms with van der Waals surface area (Å²) in [4.78, 5) is 42.2. The fraction of sp³-hybridized carbons (Fsp3) is 0.481. The highest BCUT2D eigenvalue weighted by Crippen LogP contribution is 2.25. The smallest absolute Gasteiger partial charge is 0.490 e. The van der Waals surface area contributed by atoms with Crippen molar-refractivity contribution in [2.45, 2.75) is 57.9 Å². The number of carbonyl (C=O) groups is 3. The van der Waals surface area contributed by atoms with Crippen LogP contribution in [-0.4, -0.2) is 82.0 Å². The molecular weight excluding hydrogens is 533 g/mol. The molecular formula is C27H33F3N4O6. The number of benzene rings is 1. The number of nitrogens with zero attached hydrogens (tertiary/aromatic N) is 3. The fourth-order valence-electron chi connectivity index (χ4n) is 4.23. The minimum atomic E-state index is -5.08. The number of hydrogen-bond donors (Lipinski definition) is 2. The molecule has 40 heavy (non-hydrogen) atoms. The molecule has 2 N–H and O–H groups in total. The molecule has 0 spiro atoms. The van der Waals surface area contributed by atoms with Crippen LogP contribution in [0.4, 0.5) is 28.4 Å². The number of halogens is 3. The highest BCUT2D eigenvalue weighted by atomic mass is 19.4. The van der Waals surface area contributed by atoms with E-state index < -0.39 is 17.7 Å². The Kier molecular flexibility index (Phi) is 9.83. The number of piperazine rings is 1. The van der Waals surface area contributed by atoms with E-state index in [2.05, 4.69) is 22.4 Å². The van der Waals surface area contributed by atoms with Gasteiger partial charge in [0.15, 0.2) is 0 Å². The second-order valence-corrected chi connectivity index (χ2v) is 10.3. The summed E-state index contributed by atoms with van der Waals surface area (Å²) in [7, 11) is 0. The number of carbonyl (C=O) groups excluding carboxylic acids is 2. The second kappa shape index (κ2) is 12.9. The van der Waals surface area contributed by atoms with Crippen LogP contribution in [0.2, 0.25) is 0 Å². The number of rotatable bonds is 4. The maximum Gasteiger partial charge on any atom is 0.490 e. The van der Waals surface area contributed by atoms with Crippen LogP contribution in [0, 0.1) is 0 Å². The first-order chi connectivity index (χ1) is 18.7. The molecule has 1 fully saturated rings. The van der Waals surface area contributed by atoms with Crippen LogP contribution in [0.1, 0.15) is 38.3 Å². The van der Waals surface area contributed by atoms with Crippen LogP contribution >= 0.6 is 0 Å². The van der Waals surface area contributed by atoms with E-state index in [1.54, 1.807) is 28.3 Å². The normalized spacial score (nSPS) is 16.8. The highest BCUT2D eigenvalue weighted by molar-refractivity contribution is 5.90. The van der Waals surface area contributed by atoms with Gasteiger partial charge in [0.2, 0.25) is 0 Å². The predicted octanol–water partition coefficient (Wildman–Crippen LogP) is 4.74. The first-order valence-corrected chi connectivity index (χ1v) is 12.7. The molecule has 1 aromatic carbocycles. The molecule has 0 radical (unpaired) electrons. The number of carboxylic acids is 1. The van der Waals surface area contributed by atoms with Gasteiger partial charge in [0.25, 0.3) is 0 Å². The lowest BCUT2D eigenvalue weighted by atomic mass is 10.1. The van der Waals surface area contributed by atoms with E-state index in [0.717, 1.165) is 24.9 Å². The van der Waals surface area contributed by atoms with E-state index >= 15 is 0 Å². The lowest BCUT2D eigenvalue weighted by Gasteiger charge is -2.41. The van der Waals surface area contributed by atoms with Crippen molar-refractivity contribution in [2.24, 2.45) is 0 Å². The van der Waals surface area contributed by atoms with Crippen molar-refractivity contribution in [1.82, 2.24) is 14.8 Å². The largest absolute Gasteiger partial charge is 0.490 e. The van der Waals surface area contributed by atoms with Gasteiger partial charge in [-0.15, -0.1) is 0 Å². The summed E-state index contributed by atoms with van der Waals surface area (Å²) in [5.74, 6) is -2.14. The topological polar surface area (TPSA) is 121 Å². The van der Waals surface area contributed by atoms with Crippen molar-refractivity contribution in [2.75, 3.05) is 31.6 Å². The molecule has 1 aromatic heterocycles. The number of alkyl halides is 3. The number of amides is 3. The number of nitrogens with one attached hydrogen (secondary N) is 1. The van der Waals surface area contributed by atoms with Crippen molar-refractivity contribution in [1.29, 1.82) is 0 Å². The van der Waals surface area contributed by atoms with Crippen LogP contribution < -0.4 is 10.1 Å². The molecule has 10 nitrogen and oxygen atoms in total. The predicted molar refractivity (Wildman–Crippen MR) is 139 cm³/mol. The van der Waals surface area contributed by atoms with E-state index in [4.69, 9.17) is 19.4 Å². The van der Waals surface area contributed by atoms with Gasteiger partial charge < -0.3 is 29.7 Å². The molecule has 0 saturated carbocycles. The third kappa shape index (κ3) is 9.02. The lowest BCUT2D eigenvalue weighted by molar-refractivity contribution is -0.192. The van der Waals surface area contributed by atoms with Crippen LogP contribution in [0.5, 0.6) is 5.75 Å². The zero-order chi connectivity index (χ0) is 29.5. The number of anilines is 1. The SMILES string of the molecule is CC(C)(C)OC(=O)N1CCN(C(=O)Nc2ccc3c(c2)CCC3)C(COc2cccnc2)C1.O=C(O)C(F)(F)F. The monoisotopic (exact) mass is 566 g/mol. The van der Waals surface area contributed by atoms with Gasteiger partial charge in [0, 0.05) is 31.5 Å². The van der Waals surface area contributed by atoms with Gasteiger partial charge in [-0.05, 0) is 75.4 Å². The number of carboxylic acid groups (broad SMARTS) is 1. The number of pyridine rings is 1.